The van der Waals surface area contributed by atoms with Crippen molar-refractivity contribution in [3.63, 3.8) is 0 Å². The minimum Gasteiger partial charge on any atom is -0.394 e. The maximum Gasteiger partial charge on any atom is 0.254 e. The molecule has 2 fully saturated rings. The van der Waals surface area contributed by atoms with Gasteiger partial charge >= 0.3 is 0 Å². The number of hydrogen-bond acceptors (Lipinski definition) is 5. The summed E-state index contributed by atoms with van der Waals surface area (Å²) in [6.45, 7) is 3.74. The lowest BCUT2D eigenvalue weighted by Crippen LogP contribution is -2.38. The average Bonchev–Trinajstić information content (AvgIpc) is 3.05. The van der Waals surface area contributed by atoms with E-state index in [1.807, 2.05) is 24.3 Å². The van der Waals surface area contributed by atoms with Gasteiger partial charge in [0.2, 0.25) is 0 Å². The van der Waals surface area contributed by atoms with Crippen LogP contribution >= 0.6 is 0 Å². The largest absolute Gasteiger partial charge is 0.394 e. The molecule has 3 rings (SSSR count). The molecule has 2 atom stereocenters. The number of carbonyl (C=O) groups is 1. The normalized spacial score (nSPS) is 25.0. The molecule has 23 heavy (non-hydrogen) atoms. The molecule has 126 valence electrons. The lowest BCUT2D eigenvalue weighted by molar-refractivity contribution is 0.0648. The Labute approximate surface area is 136 Å². The highest BCUT2D eigenvalue weighted by Gasteiger charge is 2.35. The standard InChI is InChI=1S/C17H24N2O4/c1-22-16-10-15(12-20)19(11-16)17(21)13-2-4-14(5-3-13)18-6-8-23-9-7-18/h2-5,15-16,20H,6-12H2,1H3/t15-,16+/m0/s1. The molecule has 1 aromatic carbocycles. The Morgan fingerprint density at radius 2 is 2.00 bits per heavy atom. The number of benzene rings is 1. The zero-order chi connectivity index (χ0) is 16.2. The highest BCUT2D eigenvalue weighted by atomic mass is 16.5. The number of carbonyl (C=O) groups excluding carboxylic acids is 1. The number of likely N-dealkylation sites (tertiary alicyclic amines) is 1. The molecule has 1 aromatic rings. The number of aliphatic hydroxyl groups is 1. The molecule has 1 N–H and O–H groups in total. The molecule has 2 heterocycles. The third kappa shape index (κ3) is 3.49. The summed E-state index contributed by atoms with van der Waals surface area (Å²) in [6, 6.07) is 7.53. The number of aliphatic hydroxyl groups excluding tert-OH is 1. The summed E-state index contributed by atoms with van der Waals surface area (Å²) in [5, 5.41) is 9.49. The molecule has 0 saturated carbocycles. The van der Waals surface area contributed by atoms with Crippen LogP contribution in [0, 0.1) is 0 Å². The quantitative estimate of drug-likeness (QED) is 0.887. The third-order valence-electron chi connectivity index (χ3n) is 4.67. The van der Waals surface area contributed by atoms with Gasteiger partial charge in [-0.15, -0.1) is 0 Å². The Hall–Kier alpha value is -1.63. The number of rotatable bonds is 4. The van der Waals surface area contributed by atoms with E-state index in [1.54, 1.807) is 12.0 Å². The lowest BCUT2D eigenvalue weighted by atomic mass is 10.1. The van der Waals surface area contributed by atoms with E-state index in [4.69, 9.17) is 9.47 Å². The van der Waals surface area contributed by atoms with Crippen molar-refractivity contribution in [3.8, 4) is 0 Å². The fraction of sp³-hybridized carbons (Fsp3) is 0.588. The van der Waals surface area contributed by atoms with Gasteiger partial charge in [0.25, 0.3) is 5.91 Å². The van der Waals surface area contributed by atoms with Crippen molar-refractivity contribution in [3.05, 3.63) is 29.8 Å². The van der Waals surface area contributed by atoms with E-state index < -0.39 is 0 Å². The van der Waals surface area contributed by atoms with Crippen LogP contribution in [0.25, 0.3) is 0 Å². The molecular formula is C17H24N2O4. The second kappa shape index (κ2) is 7.29. The molecule has 0 aliphatic carbocycles. The Bertz CT molecular complexity index is 528. The molecule has 6 nitrogen and oxygen atoms in total. The molecule has 6 heteroatoms. The zero-order valence-corrected chi connectivity index (χ0v) is 13.5. The highest BCUT2D eigenvalue weighted by Crippen LogP contribution is 2.23. The van der Waals surface area contributed by atoms with Crippen molar-refractivity contribution in [2.75, 3.05) is 51.5 Å². The molecule has 2 saturated heterocycles. The molecule has 2 aliphatic rings. The summed E-state index contributed by atoms with van der Waals surface area (Å²) < 4.78 is 10.7. The van der Waals surface area contributed by atoms with Gasteiger partial charge in [-0.3, -0.25) is 4.79 Å². The first-order valence-electron chi connectivity index (χ1n) is 8.10. The topological polar surface area (TPSA) is 62.2 Å². The minimum absolute atomic E-state index is 0.00345. The minimum atomic E-state index is -0.161. The van der Waals surface area contributed by atoms with Gasteiger partial charge < -0.3 is 24.4 Å². The number of ether oxygens (including phenoxy) is 2. The van der Waals surface area contributed by atoms with E-state index in [0.29, 0.717) is 18.5 Å². The summed E-state index contributed by atoms with van der Waals surface area (Å²) >= 11 is 0. The van der Waals surface area contributed by atoms with Crippen molar-refractivity contribution in [2.24, 2.45) is 0 Å². The Kier molecular flexibility index (Phi) is 5.15. The van der Waals surface area contributed by atoms with Crippen molar-refractivity contribution >= 4 is 11.6 Å². The maximum absolute atomic E-state index is 12.7. The number of nitrogens with zero attached hydrogens (tertiary/aromatic N) is 2. The molecule has 0 radical (unpaired) electrons. The summed E-state index contributed by atoms with van der Waals surface area (Å²) in [7, 11) is 1.64. The summed E-state index contributed by atoms with van der Waals surface area (Å²) in [6.07, 6.45) is 0.689. The predicted octanol–water partition coefficient (Wildman–Crippen LogP) is 0.745. The fourth-order valence-corrected chi connectivity index (χ4v) is 3.27. The fourth-order valence-electron chi connectivity index (χ4n) is 3.27. The van der Waals surface area contributed by atoms with Crippen molar-refractivity contribution < 1.29 is 19.4 Å². The molecule has 2 aliphatic heterocycles. The van der Waals surface area contributed by atoms with Gasteiger partial charge in [0.15, 0.2) is 0 Å². The third-order valence-corrected chi connectivity index (χ3v) is 4.67. The van der Waals surface area contributed by atoms with Crippen molar-refractivity contribution in [1.29, 1.82) is 0 Å². The van der Waals surface area contributed by atoms with Crippen LogP contribution in [0.3, 0.4) is 0 Å². The number of methoxy groups -OCH3 is 1. The van der Waals surface area contributed by atoms with Gasteiger partial charge in [0, 0.05) is 38.0 Å². The second-order valence-electron chi connectivity index (χ2n) is 6.03. The van der Waals surface area contributed by atoms with Gasteiger partial charge in [-0.1, -0.05) is 0 Å². The van der Waals surface area contributed by atoms with Crippen LogP contribution in [0.1, 0.15) is 16.8 Å². The number of amides is 1. The van der Waals surface area contributed by atoms with Crippen molar-refractivity contribution in [2.45, 2.75) is 18.6 Å². The molecular weight excluding hydrogens is 296 g/mol. The van der Waals surface area contributed by atoms with Crippen LogP contribution in [0.15, 0.2) is 24.3 Å². The lowest BCUT2D eigenvalue weighted by Gasteiger charge is -2.29. The first kappa shape index (κ1) is 16.2. The Balaban J connectivity index is 1.69. The van der Waals surface area contributed by atoms with Gasteiger partial charge in [-0.25, -0.2) is 0 Å². The first-order valence-corrected chi connectivity index (χ1v) is 8.10. The Morgan fingerprint density at radius 1 is 1.30 bits per heavy atom. The van der Waals surface area contributed by atoms with Crippen LogP contribution < -0.4 is 4.90 Å². The average molecular weight is 320 g/mol. The summed E-state index contributed by atoms with van der Waals surface area (Å²) in [4.78, 5) is 16.7. The SMILES string of the molecule is CO[C@@H]1C[C@@H](CO)N(C(=O)c2ccc(N3CCOCC3)cc2)C1. The van der Waals surface area contributed by atoms with Gasteiger partial charge in [-0.2, -0.15) is 0 Å². The van der Waals surface area contributed by atoms with E-state index in [-0.39, 0.29) is 24.7 Å². The highest BCUT2D eigenvalue weighted by molar-refractivity contribution is 5.95. The maximum atomic E-state index is 12.7. The van der Waals surface area contributed by atoms with Crippen LogP contribution in [0.5, 0.6) is 0 Å². The van der Waals surface area contributed by atoms with E-state index in [9.17, 15) is 9.90 Å². The van der Waals surface area contributed by atoms with Crippen LogP contribution in [-0.4, -0.2) is 74.6 Å². The molecule has 0 spiro atoms. The van der Waals surface area contributed by atoms with Crippen LogP contribution in [0.4, 0.5) is 5.69 Å². The number of hydrogen-bond donors (Lipinski definition) is 1. The van der Waals surface area contributed by atoms with Crippen LogP contribution in [-0.2, 0) is 9.47 Å². The monoisotopic (exact) mass is 320 g/mol. The molecule has 0 bridgehead atoms. The summed E-state index contributed by atoms with van der Waals surface area (Å²) in [5.41, 5.74) is 1.76. The van der Waals surface area contributed by atoms with E-state index >= 15 is 0 Å². The van der Waals surface area contributed by atoms with E-state index in [2.05, 4.69) is 4.90 Å². The van der Waals surface area contributed by atoms with Gasteiger partial charge in [-0.05, 0) is 30.7 Å². The number of morpholine rings is 1. The van der Waals surface area contributed by atoms with Gasteiger partial charge in [0.05, 0.1) is 32.0 Å². The molecule has 0 unspecified atom stereocenters. The molecule has 1 amide bonds. The summed E-state index contributed by atoms with van der Waals surface area (Å²) in [5.74, 6) is -0.0443. The van der Waals surface area contributed by atoms with E-state index in [0.717, 1.165) is 32.0 Å². The van der Waals surface area contributed by atoms with Crippen molar-refractivity contribution in [1.82, 2.24) is 4.90 Å². The Morgan fingerprint density at radius 3 is 2.61 bits per heavy atom. The van der Waals surface area contributed by atoms with Crippen LogP contribution in [0.2, 0.25) is 0 Å². The molecule has 0 aromatic heterocycles. The smallest absolute Gasteiger partial charge is 0.254 e. The first-order chi connectivity index (χ1) is 11.2. The zero-order valence-electron chi connectivity index (χ0n) is 13.5. The second-order valence-corrected chi connectivity index (χ2v) is 6.03. The van der Waals surface area contributed by atoms with E-state index in [1.165, 1.54) is 0 Å². The van der Waals surface area contributed by atoms with Gasteiger partial charge in [0.1, 0.15) is 0 Å². The predicted molar refractivity (Wildman–Crippen MR) is 86.8 cm³/mol. The number of anilines is 1.